The van der Waals surface area contributed by atoms with E-state index < -0.39 is 0 Å². The minimum absolute atomic E-state index is 0.471. The molecular formula is C14H12N6. The number of rotatable bonds is 2. The van der Waals surface area contributed by atoms with Crippen molar-refractivity contribution in [3.63, 3.8) is 0 Å². The highest BCUT2D eigenvalue weighted by Gasteiger charge is 2.11. The molecule has 0 aliphatic carbocycles. The normalized spacial score (nSPS) is 10.4. The lowest BCUT2D eigenvalue weighted by atomic mass is 10.1. The lowest BCUT2D eigenvalue weighted by molar-refractivity contribution is 0.960. The molecule has 0 amide bonds. The molecule has 0 aliphatic heterocycles. The summed E-state index contributed by atoms with van der Waals surface area (Å²) in [5, 5.41) is 28.4. The van der Waals surface area contributed by atoms with Gasteiger partial charge in [0.15, 0.2) is 5.82 Å². The van der Waals surface area contributed by atoms with Gasteiger partial charge in [0.25, 0.3) is 0 Å². The fourth-order valence-electron chi connectivity index (χ4n) is 1.99. The Morgan fingerprint density at radius 1 is 1.25 bits per heavy atom. The van der Waals surface area contributed by atoms with Crippen LogP contribution in [0, 0.1) is 25.2 Å². The highest BCUT2D eigenvalue weighted by molar-refractivity contribution is 5.83. The number of nitrogens with one attached hydrogen (secondary N) is 2. The average Bonchev–Trinajstić information content (AvgIpc) is 2.91. The largest absolute Gasteiger partial charge is 0.338 e. The first-order chi connectivity index (χ1) is 9.69. The Balaban J connectivity index is 2.02. The average molecular weight is 264 g/mol. The molecule has 98 valence electrons. The minimum atomic E-state index is 0.471. The number of hydrogen-bond acceptors (Lipinski definition) is 5. The second-order valence-electron chi connectivity index (χ2n) is 4.54. The van der Waals surface area contributed by atoms with Crippen LogP contribution in [0.1, 0.15) is 16.8 Å². The predicted octanol–water partition coefficient (Wildman–Crippen LogP) is 2.59. The number of nitrogens with zero attached hydrogens (tertiary/aromatic N) is 4. The number of hydrogen-bond donors (Lipinski definition) is 2. The molecule has 6 nitrogen and oxygen atoms in total. The third-order valence-electron chi connectivity index (χ3n) is 3.27. The molecule has 1 aromatic carbocycles. The smallest absolute Gasteiger partial charge is 0.171 e. The Hall–Kier alpha value is -2.94. The van der Waals surface area contributed by atoms with Gasteiger partial charge < -0.3 is 5.32 Å². The summed E-state index contributed by atoms with van der Waals surface area (Å²) < 4.78 is 0. The molecule has 3 aromatic rings. The monoisotopic (exact) mass is 264 g/mol. The molecule has 0 spiro atoms. The molecule has 2 heterocycles. The van der Waals surface area contributed by atoms with Crippen LogP contribution in [0.15, 0.2) is 24.4 Å². The molecule has 0 unspecified atom stereocenters. The van der Waals surface area contributed by atoms with E-state index in [1.807, 2.05) is 32.0 Å². The zero-order valence-electron chi connectivity index (χ0n) is 11.1. The van der Waals surface area contributed by atoms with Crippen molar-refractivity contribution in [3.05, 3.63) is 41.2 Å². The van der Waals surface area contributed by atoms with E-state index in [0.717, 1.165) is 27.8 Å². The van der Waals surface area contributed by atoms with E-state index in [0.29, 0.717) is 11.4 Å². The van der Waals surface area contributed by atoms with E-state index in [1.165, 1.54) is 0 Å². The number of nitriles is 1. The quantitative estimate of drug-likeness (QED) is 0.742. The van der Waals surface area contributed by atoms with Gasteiger partial charge in [-0.2, -0.15) is 15.5 Å². The lowest BCUT2D eigenvalue weighted by Gasteiger charge is -2.09. The van der Waals surface area contributed by atoms with Crippen molar-refractivity contribution in [1.29, 1.82) is 5.26 Å². The number of fused-ring (bicyclic) bond motifs is 1. The summed E-state index contributed by atoms with van der Waals surface area (Å²) in [5.41, 5.74) is 3.92. The molecule has 0 atom stereocenters. The second-order valence-corrected chi connectivity index (χ2v) is 4.54. The van der Waals surface area contributed by atoms with Gasteiger partial charge in [-0.25, -0.2) is 0 Å². The summed E-state index contributed by atoms with van der Waals surface area (Å²) in [5.74, 6) is 0.471. The fourth-order valence-corrected chi connectivity index (χ4v) is 1.99. The van der Waals surface area contributed by atoms with Gasteiger partial charge in [-0.3, -0.25) is 5.10 Å². The minimum Gasteiger partial charge on any atom is -0.338 e. The molecule has 0 saturated heterocycles. The Bertz CT molecular complexity index is 827. The van der Waals surface area contributed by atoms with Crippen LogP contribution in [0.4, 0.5) is 11.5 Å². The summed E-state index contributed by atoms with van der Waals surface area (Å²) in [6.07, 6.45) is 1.75. The molecule has 2 N–H and O–H groups in total. The summed E-state index contributed by atoms with van der Waals surface area (Å²) >= 11 is 0. The zero-order valence-corrected chi connectivity index (χ0v) is 11.1. The van der Waals surface area contributed by atoms with Crippen molar-refractivity contribution in [1.82, 2.24) is 20.4 Å². The van der Waals surface area contributed by atoms with Crippen LogP contribution < -0.4 is 5.32 Å². The molecule has 0 radical (unpaired) electrons. The van der Waals surface area contributed by atoms with Crippen LogP contribution in [-0.4, -0.2) is 20.4 Å². The maximum Gasteiger partial charge on any atom is 0.171 e. The van der Waals surface area contributed by atoms with Crippen LogP contribution in [0.25, 0.3) is 10.9 Å². The van der Waals surface area contributed by atoms with E-state index in [1.54, 1.807) is 6.20 Å². The van der Waals surface area contributed by atoms with Crippen LogP contribution >= 0.6 is 0 Å². The van der Waals surface area contributed by atoms with Crippen molar-refractivity contribution in [3.8, 4) is 6.07 Å². The van der Waals surface area contributed by atoms with Gasteiger partial charge >= 0.3 is 0 Å². The maximum absolute atomic E-state index is 9.27. The van der Waals surface area contributed by atoms with E-state index in [2.05, 4.69) is 31.8 Å². The van der Waals surface area contributed by atoms with Crippen LogP contribution in [0.2, 0.25) is 0 Å². The van der Waals surface area contributed by atoms with Crippen LogP contribution in [0.3, 0.4) is 0 Å². The van der Waals surface area contributed by atoms with Crippen LogP contribution in [0.5, 0.6) is 0 Å². The third-order valence-corrected chi connectivity index (χ3v) is 3.27. The fraction of sp³-hybridized carbons (Fsp3) is 0.143. The summed E-state index contributed by atoms with van der Waals surface area (Å²) in [6, 6.07) is 7.94. The zero-order chi connectivity index (χ0) is 14.1. The molecule has 20 heavy (non-hydrogen) atoms. The van der Waals surface area contributed by atoms with Crippen LogP contribution in [-0.2, 0) is 0 Å². The van der Waals surface area contributed by atoms with Gasteiger partial charge in [-0.15, -0.1) is 5.10 Å². The number of aryl methyl sites for hydroxylation is 1. The van der Waals surface area contributed by atoms with E-state index in [-0.39, 0.29) is 0 Å². The van der Waals surface area contributed by atoms with Crippen molar-refractivity contribution < 1.29 is 0 Å². The SMILES string of the molecule is Cc1nnc(Nc2ccc3[nH]ncc3c2)c(C#N)c1C. The number of anilines is 2. The second kappa shape index (κ2) is 4.63. The van der Waals surface area contributed by atoms with Gasteiger partial charge in [-0.05, 0) is 37.6 Å². The number of benzene rings is 1. The van der Waals surface area contributed by atoms with Crippen molar-refractivity contribution in [2.75, 3.05) is 5.32 Å². The van der Waals surface area contributed by atoms with Crippen molar-refractivity contribution in [2.45, 2.75) is 13.8 Å². The summed E-state index contributed by atoms with van der Waals surface area (Å²) in [4.78, 5) is 0. The standard InChI is InChI=1S/C14H12N6/c1-8-9(2)18-20-14(12(8)6-15)17-11-3-4-13-10(5-11)7-16-19-13/h3-5,7H,1-2H3,(H,16,19)(H,17,20). The predicted molar refractivity (Wildman–Crippen MR) is 75.6 cm³/mol. The van der Waals surface area contributed by atoms with Crippen molar-refractivity contribution in [2.24, 2.45) is 0 Å². The Morgan fingerprint density at radius 2 is 2.10 bits per heavy atom. The van der Waals surface area contributed by atoms with Gasteiger partial charge in [-0.1, -0.05) is 0 Å². The maximum atomic E-state index is 9.27. The Kier molecular flexibility index (Phi) is 2.80. The molecule has 0 aliphatic rings. The molecular weight excluding hydrogens is 252 g/mol. The summed E-state index contributed by atoms with van der Waals surface area (Å²) in [7, 11) is 0. The molecule has 0 fully saturated rings. The van der Waals surface area contributed by atoms with Crippen molar-refractivity contribution >= 4 is 22.4 Å². The first-order valence-electron chi connectivity index (χ1n) is 6.13. The number of aromatic nitrogens is 4. The topological polar surface area (TPSA) is 90.3 Å². The van der Waals surface area contributed by atoms with Gasteiger partial charge in [0, 0.05) is 11.1 Å². The Morgan fingerprint density at radius 3 is 2.90 bits per heavy atom. The highest BCUT2D eigenvalue weighted by atomic mass is 15.2. The number of H-pyrrole nitrogens is 1. The first-order valence-corrected chi connectivity index (χ1v) is 6.13. The molecule has 0 bridgehead atoms. The van der Waals surface area contributed by atoms with E-state index in [9.17, 15) is 5.26 Å². The number of aromatic amines is 1. The van der Waals surface area contributed by atoms with Gasteiger partial charge in [0.2, 0.25) is 0 Å². The molecule has 0 saturated carbocycles. The first kappa shape index (κ1) is 12.1. The third kappa shape index (κ3) is 1.95. The van der Waals surface area contributed by atoms with Gasteiger partial charge in [0.1, 0.15) is 11.6 Å². The van der Waals surface area contributed by atoms with E-state index in [4.69, 9.17) is 0 Å². The molecule has 3 rings (SSSR count). The Labute approximate surface area is 115 Å². The summed E-state index contributed by atoms with van der Waals surface area (Å²) in [6.45, 7) is 3.71. The highest BCUT2D eigenvalue weighted by Crippen LogP contribution is 2.23. The molecule has 2 aromatic heterocycles. The lowest BCUT2D eigenvalue weighted by Crippen LogP contribution is -2.03. The van der Waals surface area contributed by atoms with E-state index >= 15 is 0 Å². The molecule has 6 heteroatoms. The van der Waals surface area contributed by atoms with Gasteiger partial charge in [0.05, 0.1) is 17.4 Å².